The monoisotopic (exact) mass is 213 g/mol. The summed E-state index contributed by atoms with van der Waals surface area (Å²) in [6, 6.07) is 0.693. The average molecular weight is 213 g/mol. The van der Waals surface area contributed by atoms with E-state index in [4.69, 9.17) is 0 Å². The van der Waals surface area contributed by atoms with Gasteiger partial charge in [0.15, 0.2) is 0 Å². The molecule has 3 heteroatoms. The second kappa shape index (κ2) is 8.08. The Morgan fingerprint density at radius 2 is 2.07 bits per heavy atom. The van der Waals surface area contributed by atoms with Gasteiger partial charge >= 0.3 is 0 Å². The zero-order chi connectivity index (χ0) is 10.9. The number of piperazine rings is 1. The largest absolute Gasteiger partial charge is 0.314 e. The Kier molecular flexibility index (Phi) is 6.98. The average Bonchev–Trinajstić information content (AvgIpc) is 2.26. The van der Waals surface area contributed by atoms with E-state index < -0.39 is 0 Å². The van der Waals surface area contributed by atoms with Gasteiger partial charge in [0.05, 0.1) is 0 Å². The smallest absolute Gasteiger partial charge is 0.0107 e. The first-order chi connectivity index (χ1) is 7.33. The van der Waals surface area contributed by atoms with E-state index in [1.165, 1.54) is 58.5 Å². The summed E-state index contributed by atoms with van der Waals surface area (Å²) in [5.74, 6) is 0. The summed E-state index contributed by atoms with van der Waals surface area (Å²) < 4.78 is 0. The van der Waals surface area contributed by atoms with Crippen LogP contribution in [-0.4, -0.2) is 50.2 Å². The standard InChI is InChI=1S/C12H27N3/c1-3-5-12(2)14-6-4-9-15-10-7-13-8-11-15/h12-14H,3-11H2,1-2H3. The van der Waals surface area contributed by atoms with Gasteiger partial charge in [-0.1, -0.05) is 13.3 Å². The fraction of sp³-hybridized carbons (Fsp3) is 1.00. The second-order valence-corrected chi connectivity index (χ2v) is 4.59. The summed E-state index contributed by atoms with van der Waals surface area (Å²) in [5, 5.41) is 6.96. The first-order valence-electron chi connectivity index (χ1n) is 6.49. The van der Waals surface area contributed by atoms with Gasteiger partial charge in [0.2, 0.25) is 0 Å². The molecule has 1 aliphatic rings. The molecule has 1 atom stereocenters. The van der Waals surface area contributed by atoms with Crippen LogP contribution >= 0.6 is 0 Å². The van der Waals surface area contributed by atoms with Crippen molar-refractivity contribution in [2.75, 3.05) is 39.3 Å². The third kappa shape index (κ3) is 6.13. The lowest BCUT2D eigenvalue weighted by Crippen LogP contribution is -2.44. The third-order valence-electron chi connectivity index (χ3n) is 3.08. The van der Waals surface area contributed by atoms with Gasteiger partial charge in [-0.3, -0.25) is 0 Å². The van der Waals surface area contributed by atoms with Gasteiger partial charge in [-0.15, -0.1) is 0 Å². The van der Waals surface area contributed by atoms with E-state index in [0.717, 1.165) is 0 Å². The van der Waals surface area contributed by atoms with Crippen LogP contribution in [0.2, 0.25) is 0 Å². The van der Waals surface area contributed by atoms with Crippen molar-refractivity contribution in [3.05, 3.63) is 0 Å². The molecule has 0 bridgehead atoms. The van der Waals surface area contributed by atoms with Crippen molar-refractivity contribution in [3.8, 4) is 0 Å². The highest BCUT2D eigenvalue weighted by molar-refractivity contribution is 4.68. The molecule has 0 spiro atoms. The van der Waals surface area contributed by atoms with Crippen LogP contribution in [0.25, 0.3) is 0 Å². The zero-order valence-corrected chi connectivity index (χ0v) is 10.4. The van der Waals surface area contributed by atoms with Gasteiger partial charge in [0.1, 0.15) is 0 Å². The molecule has 0 saturated carbocycles. The van der Waals surface area contributed by atoms with Crippen LogP contribution in [0.4, 0.5) is 0 Å². The van der Waals surface area contributed by atoms with Gasteiger partial charge in [0.25, 0.3) is 0 Å². The lowest BCUT2D eigenvalue weighted by Gasteiger charge is -2.27. The van der Waals surface area contributed by atoms with Crippen molar-refractivity contribution in [3.63, 3.8) is 0 Å². The van der Waals surface area contributed by atoms with Crippen LogP contribution in [0.15, 0.2) is 0 Å². The van der Waals surface area contributed by atoms with Crippen LogP contribution in [0.5, 0.6) is 0 Å². The summed E-state index contributed by atoms with van der Waals surface area (Å²) in [7, 11) is 0. The van der Waals surface area contributed by atoms with Gasteiger partial charge < -0.3 is 15.5 Å². The fourth-order valence-electron chi connectivity index (χ4n) is 2.12. The third-order valence-corrected chi connectivity index (χ3v) is 3.08. The predicted molar refractivity (Wildman–Crippen MR) is 66.3 cm³/mol. The zero-order valence-electron chi connectivity index (χ0n) is 10.4. The Labute approximate surface area is 94.6 Å². The molecule has 1 heterocycles. The molecule has 90 valence electrons. The molecule has 15 heavy (non-hydrogen) atoms. The van der Waals surface area contributed by atoms with Gasteiger partial charge in [-0.25, -0.2) is 0 Å². The highest BCUT2D eigenvalue weighted by Crippen LogP contribution is 1.96. The molecular weight excluding hydrogens is 186 g/mol. The topological polar surface area (TPSA) is 27.3 Å². The molecule has 0 amide bonds. The Balaban J connectivity index is 1.91. The molecule has 1 rings (SSSR count). The molecular formula is C12H27N3. The lowest BCUT2D eigenvalue weighted by molar-refractivity contribution is 0.236. The van der Waals surface area contributed by atoms with E-state index in [1.807, 2.05) is 0 Å². The first-order valence-corrected chi connectivity index (χ1v) is 6.49. The maximum atomic E-state index is 3.58. The summed E-state index contributed by atoms with van der Waals surface area (Å²) in [4.78, 5) is 2.56. The van der Waals surface area contributed by atoms with Gasteiger partial charge in [0, 0.05) is 32.2 Å². The molecule has 1 saturated heterocycles. The van der Waals surface area contributed by atoms with E-state index in [-0.39, 0.29) is 0 Å². The predicted octanol–water partition coefficient (Wildman–Crippen LogP) is 1.06. The normalized spacial score (nSPS) is 20.4. The van der Waals surface area contributed by atoms with E-state index in [1.54, 1.807) is 0 Å². The molecule has 1 unspecified atom stereocenters. The second-order valence-electron chi connectivity index (χ2n) is 4.59. The summed E-state index contributed by atoms with van der Waals surface area (Å²) in [6.07, 6.45) is 3.87. The van der Waals surface area contributed by atoms with Crippen molar-refractivity contribution < 1.29 is 0 Å². The van der Waals surface area contributed by atoms with Crippen molar-refractivity contribution in [1.29, 1.82) is 0 Å². The van der Waals surface area contributed by atoms with Crippen molar-refractivity contribution >= 4 is 0 Å². The highest BCUT2D eigenvalue weighted by atomic mass is 15.2. The minimum Gasteiger partial charge on any atom is -0.314 e. The molecule has 0 aromatic carbocycles. The molecule has 1 fully saturated rings. The van der Waals surface area contributed by atoms with Crippen LogP contribution < -0.4 is 10.6 Å². The van der Waals surface area contributed by atoms with E-state index in [9.17, 15) is 0 Å². The molecule has 1 aliphatic heterocycles. The molecule has 0 radical (unpaired) electrons. The molecule has 3 nitrogen and oxygen atoms in total. The maximum Gasteiger partial charge on any atom is 0.0107 e. The Hall–Kier alpha value is -0.120. The SMILES string of the molecule is CCCC(C)NCCCN1CCNCC1. The molecule has 0 aromatic heterocycles. The minimum atomic E-state index is 0.693. The van der Waals surface area contributed by atoms with Crippen LogP contribution in [-0.2, 0) is 0 Å². The summed E-state index contributed by atoms with van der Waals surface area (Å²) in [5.41, 5.74) is 0. The van der Waals surface area contributed by atoms with Crippen LogP contribution in [0, 0.1) is 0 Å². The maximum absolute atomic E-state index is 3.58. The Morgan fingerprint density at radius 3 is 2.73 bits per heavy atom. The highest BCUT2D eigenvalue weighted by Gasteiger charge is 2.08. The molecule has 0 aliphatic carbocycles. The Morgan fingerprint density at radius 1 is 1.33 bits per heavy atom. The number of rotatable bonds is 7. The summed E-state index contributed by atoms with van der Waals surface area (Å²) in [6.45, 7) is 11.8. The number of hydrogen-bond donors (Lipinski definition) is 2. The van der Waals surface area contributed by atoms with Gasteiger partial charge in [-0.2, -0.15) is 0 Å². The Bertz CT molecular complexity index is 144. The van der Waals surface area contributed by atoms with Crippen molar-refractivity contribution in [1.82, 2.24) is 15.5 Å². The molecule has 2 N–H and O–H groups in total. The van der Waals surface area contributed by atoms with Crippen molar-refractivity contribution in [2.24, 2.45) is 0 Å². The van der Waals surface area contributed by atoms with E-state index in [2.05, 4.69) is 29.4 Å². The van der Waals surface area contributed by atoms with Crippen LogP contribution in [0.3, 0.4) is 0 Å². The number of nitrogens with zero attached hydrogens (tertiary/aromatic N) is 1. The molecule has 0 aromatic rings. The summed E-state index contributed by atoms with van der Waals surface area (Å²) >= 11 is 0. The van der Waals surface area contributed by atoms with E-state index >= 15 is 0 Å². The first kappa shape index (κ1) is 12.9. The quantitative estimate of drug-likeness (QED) is 0.619. The van der Waals surface area contributed by atoms with Gasteiger partial charge in [-0.05, 0) is 32.9 Å². The fourth-order valence-corrected chi connectivity index (χ4v) is 2.12. The van der Waals surface area contributed by atoms with Crippen molar-refractivity contribution in [2.45, 2.75) is 39.2 Å². The number of hydrogen-bond acceptors (Lipinski definition) is 3. The number of nitrogens with one attached hydrogen (secondary N) is 2. The van der Waals surface area contributed by atoms with E-state index in [0.29, 0.717) is 6.04 Å². The lowest BCUT2D eigenvalue weighted by atomic mass is 10.2. The minimum absolute atomic E-state index is 0.693. The van der Waals surface area contributed by atoms with Crippen LogP contribution in [0.1, 0.15) is 33.1 Å².